The molecule has 0 aromatic heterocycles. The second-order valence-electron chi connectivity index (χ2n) is 7.98. The average Bonchev–Trinajstić information content (AvgIpc) is 3.27. The minimum atomic E-state index is 0.227. The van der Waals surface area contributed by atoms with Crippen molar-refractivity contribution in [2.75, 3.05) is 13.4 Å². The van der Waals surface area contributed by atoms with Gasteiger partial charge in [0.1, 0.15) is 5.75 Å². The van der Waals surface area contributed by atoms with Gasteiger partial charge in [-0.1, -0.05) is 70.4 Å². The fourth-order valence-electron chi connectivity index (χ4n) is 3.67. The molecule has 1 aliphatic heterocycles. The van der Waals surface area contributed by atoms with Crippen molar-refractivity contribution in [3.63, 3.8) is 0 Å². The van der Waals surface area contributed by atoms with Crippen molar-refractivity contribution in [1.82, 2.24) is 0 Å². The third-order valence-corrected chi connectivity index (χ3v) is 5.51. The molecule has 1 heterocycles. The monoisotopic (exact) mass is 419 g/mol. The van der Waals surface area contributed by atoms with E-state index in [0.29, 0.717) is 11.3 Å². The first kappa shape index (κ1) is 22.7. The normalized spacial score (nSPS) is 12.6. The molecule has 4 heteroatoms. The zero-order chi connectivity index (χ0) is 21.7. The first-order chi connectivity index (χ1) is 15.3. The second kappa shape index (κ2) is 12.7. The van der Waals surface area contributed by atoms with Crippen LogP contribution in [-0.2, 0) is 0 Å². The summed E-state index contributed by atoms with van der Waals surface area (Å²) < 4.78 is 16.6. The molecule has 0 saturated heterocycles. The molecule has 0 unspecified atom stereocenters. The summed E-state index contributed by atoms with van der Waals surface area (Å²) in [5, 5.41) is 9.59. The van der Waals surface area contributed by atoms with E-state index >= 15 is 0 Å². The van der Waals surface area contributed by atoms with Crippen molar-refractivity contribution in [1.29, 1.82) is 5.26 Å². The van der Waals surface area contributed by atoms with Gasteiger partial charge in [-0.25, -0.2) is 0 Å². The summed E-state index contributed by atoms with van der Waals surface area (Å²) in [6.45, 7) is 3.24. The molecule has 0 radical (unpaired) electrons. The number of unbranched alkanes of at least 4 members (excludes halogenated alkanes) is 8. The Labute approximate surface area is 186 Å². The Kier molecular flexibility index (Phi) is 9.32. The Morgan fingerprint density at radius 3 is 2.29 bits per heavy atom. The lowest BCUT2D eigenvalue weighted by Gasteiger charge is -2.07. The number of benzene rings is 2. The molecular formula is C27H33NO3. The summed E-state index contributed by atoms with van der Waals surface area (Å²) >= 11 is 0. The maximum atomic E-state index is 9.59. The summed E-state index contributed by atoms with van der Waals surface area (Å²) in [6, 6.07) is 15.7. The first-order valence-corrected chi connectivity index (χ1v) is 11.5. The molecule has 1 aliphatic rings. The summed E-state index contributed by atoms with van der Waals surface area (Å²) in [5.74, 6) is 2.27. The van der Waals surface area contributed by atoms with Gasteiger partial charge < -0.3 is 14.2 Å². The highest BCUT2D eigenvalue weighted by molar-refractivity contribution is 5.90. The predicted molar refractivity (Wildman–Crippen MR) is 125 cm³/mol. The molecule has 164 valence electrons. The van der Waals surface area contributed by atoms with Crippen LogP contribution in [0.3, 0.4) is 0 Å². The molecule has 0 amide bonds. The molecule has 0 aliphatic carbocycles. The zero-order valence-corrected chi connectivity index (χ0v) is 18.6. The van der Waals surface area contributed by atoms with Gasteiger partial charge in [0.2, 0.25) is 6.79 Å². The van der Waals surface area contributed by atoms with Crippen LogP contribution in [0.5, 0.6) is 17.2 Å². The summed E-state index contributed by atoms with van der Waals surface area (Å²) in [7, 11) is 0. The molecule has 4 nitrogen and oxygen atoms in total. The highest BCUT2D eigenvalue weighted by atomic mass is 16.7. The van der Waals surface area contributed by atoms with Crippen molar-refractivity contribution in [2.45, 2.75) is 64.7 Å². The van der Waals surface area contributed by atoms with Gasteiger partial charge in [-0.2, -0.15) is 5.26 Å². The third kappa shape index (κ3) is 7.36. The van der Waals surface area contributed by atoms with E-state index in [9.17, 15) is 5.26 Å². The van der Waals surface area contributed by atoms with Gasteiger partial charge in [-0.3, -0.25) is 0 Å². The smallest absolute Gasteiger partial charge is 0.231 e. The number of ether oxygens (including phenoxy) is 3. The Morgan fingerprint density at radius 2 is 1.58 bits per heavy atom. The van der Waals surface area contributed by atoms with Crippen LogP contribution in [0.4, 0.5) is 0 Å². The number of fused-ring (bicyclic) bond motifs is 1. The van der Waals surface area contributed by atoms with Crippen LogP contribution in [0.15, 0.2) is 42.5 Å². The maximum absolute atomic E-state index is 9.59. The second-order valence-corrected chi connectivity index (χ2v) is 7.98. The SMILES string of the molecule is CCCCCCCCCCCOc1ccc(C=C(C#N)c2ccc3c(c2)OCO3)cc1. The molecule has 2 aromatic rings. The minimum absolute atomic E-state index is 0.227. The minimum Gasteiger partial charge on any atom is -0.494 e. The first-order valence-electron chi connectivity index (χ1n) is 11.5. The van der Waals surface area contributed by atoms with Gasteiger partial charge in [-0.05, 0) is 54.0 Å². The van der Waals surface area contributed by atoms with E-state index in [0.717, 1.165) is 35.7 Å². The number of allylic oxidation sites excluding steroid dienone is 1. The third-order valence-electron chi connectivity index (χ3n) is 5.51. The van der Waals surface area contributed by atoms with E-state index in [4.69, 9.17) is 14.2 Å². The standard InChI is InChI=1S/C27H33NO3/c1-2-3-4-5-6-7-8-9-10-17-29-25-14-11-22(12-15-25)18-24(20-28)23-13-16-26-27(19-23)31-21-30-26/h11-16,18-19H,2-10,17,21H2,1H3. The molecular weight excluding hydrogens is 386 g/mol. The van der Waals surface area contributed by atoms with E-state index in [-0.39, 0.29) is 6.79 Å². The predicted octanol–water partition coefficient (Wildman–Crippen LogP) is 7.39. The summed E-state index contributed by atoms with van der Waals surface area (Å²) in [5.41, 5.74) is 2.36. The van der Waals surface area contributed by atoms with Crippen LogP contribution in [0.2, 0.25) is 0 Å². The summed E-state index contributed by atoms with van der Waals surface area (Å²) in [4.78, 5) is 0. The van der Waals surface area contributed by atoms with Crippen molar-refractivity contribution in [3.05, 3.63) is 53.6 Å². The number of hydrogen-bond acceptors (Lipinski definition) is 4. The average molecular weight is 420 g/mol. The molecule has 0 N–H and O–H groups in total. The van der Waals surface area contributed by atoms with Gasteiger partial charge in [0.05, 0.1) is 18.2 Å². The molecule has 3 rings (SSSR count). The van der Waals surface area contributed by atoms with Crippen LogP contribution in [0.1, 0.15) is 75.8 Å². The Morgan fingerprint density at radius 1 is 0.903 bits per heavy atom. The molecule has 0 spiro atoms. The highest BCUT2D eigenvalue weighted by Gasteiger charge is 2.14. The largest absolute Gasteiger partial charge is 0.494 e. The molecule has 0 saturated carbocycles. The van der Waals surface area contributed by atoms with Crippen molar-refractivity contribution < 1.29 is 14.2 Å². The molecule has 0 fully saturated rings. The van der Waals surface area contributed by atoms with E-state index < -0.39 is 0 Å². The van der Waals surface area contributed by atoms with Crippen molar-refractivity contribution in [2.24, 2.45) is 0 Å². The quantitative estimate of drug-likeness (QED) is 0.193. The van der Waals surface area contributed by atoms with Gasteiger partial charge in [0.25, 0.3) is 0 Å². The Bertz CT molecular complexity index is 880. The van der Waals surface area contributed by atoms with Crippen molar-refractivity contribution >= 4 is 11.6 Å². The molecule has 0 atom stereocenters. The van der Waals surface area contributed by atoms with Gasteiger partial charge >= 0.3 is 0 Å². The van der Waals surface area contributed by atoms with Gasteiger partial charge in [0.15, 0.2) is 11.5 Å². The van der Waals surface area contributed by atoms with Gasteiger partial charge in [-0.15, -0.1) is 0 Å². The lowest BCUT2D eigenvalue weighted by atomic mass is 10.0. The lowest BCUT2D eigenvalue weighted by molar-refractivity contribution is 0.174. The highest BCUT2D eigenvalue weighted by Crippen LogP contribution is 2.34. The molecule has 31 heavy (non-hydrogen) atoms. The zero-order valence-electron chi connectivity index (χ0n) is 18.6. The molecule has 2 aromatic carbocycles. The number of hydrogen-bond donors (Lipinski definition) is 0. The van der Waals surface area contributed by atoms with E-state index in [1.165, 1.54) is 51.4 Å². The number of nitriles is 1. The topological polar surface area (TPSA) is 51.5 Å². The fraction of sp³-hybridized carbons (Fsp3) is 0.444. The van der Waals surface area contributed by atoms with Crippen LogP contribution in [0.25, 0.3) is 11.6 Å². The van der Waals surface area contributed by atoms with E-state index in [1.54, 1.807) is 0 Å². The fourth-order valence-corrected chi connectivity index (χ4v) is 3.67. The van der Waals surface area contributed by atoms with E-state index in [1.807, 2.05) is 48.5 Å². The van der Waals surface area contributed by atoms with Gasteiger partial charge in [0, 0.05) is 0 Å². The van der Waals surface area contributed by atoms with Crippen LogP contribution < -0.4 is 14.2 Å². The van der Waals surface area contributed by atoms with Crippen LogP contribution >= 0.6 is 0 Å². The van der Waals surface area contributed by atoms with Crippen LogP contribution in [-0.4, -0.2) is 13.4 Å². The van der Waals surface area contributed by atoms with E-state index in [2.05, 4.69) is 13.0 Å². The number of rotatable bonds is 13. The molecule has 0 bridgehead atoms. The Balaban J connectivity index is 1.41. The van der Waals surface area contributed by atoms with Crippen LogP contribution in [0, 0.1) is 11.3 Å². The summed E-state index contributed by atoms with van der Waals surface area (Å²) in [6.07, 6.45) is 13.7. The lowest BCUT2D eigenvalue weighted by Crippen LogP contribution is -1.97. The number of nitrogens with zero attached hydrogens (tertiary/aromatic N) is 1. The Hall–Kier alpha value is -2.93. The maximum Gasteiger partial charge on any atom is 0.231 e. The van der Waals surface area contributed by atoms with Crippen molar-refractivity contribution in [3.8, 4) is 23.3 Å².